The van der Waals surface area contributed by atoms with E-state index in [0.29, 0.717) is 57.1 Å². The van der Waals surface area contributed by atoms with Gasteiger partial charge >= 0.3 is 20.1 Å². The molecule has 73 heavy (non-hydrogen) atoms. The van der Waals surface area contributed by atoms with Crippen LogP contribution in [-0.2, 0) is 62.9 Å². The molecule has 0 spiro atoms. The number of nitrogens with zero attached hydrogens (tertiary/aromatic N) is 4. The first-order valence-electron chi connectivity index (χ1n) is 28.2. The molecule has 6 aromatic carbocycles. The Labute approximate surface area is 456 Å². The van der Waals surface area contributed by atoms with Gasteiger partial charge in [-0.3, -0.25) is 0 Å². The molecule has 0 saturated heterocycles. The number of aryl methyl sites for hydroxylation is 2. The fourth-order valence-corrected chi connectivity index (χ4v) is 9.37. The van der Waals surface area contributed by atoms with Crippen molar-refractivity contribution in [2.45, 2.75) is 91.3 Å². The van der Waals surface area contributed by atoms with Crippen LogP contribution in [0.4, 0.5) is 0 Å². The topological polar surface area (TPSA) is 75.6 Å². The number of fused-ring (bicyclic) bond motifs is 3. The number of rotatable bonds is 14. The van der Waals surface area contributed by atoms with Gasteiger partial charge in [-0.2, -0.15) is 5.26 Å². The second-order valence-electron chi connectivity index (χ2n) is 20.7. The molecule has 10 aromatic rings. The maximum Gasteiger partial charge on any atom is 3.00 e. The van der Waals surface area contributed by atoms with Crippen LogP contribution < -0.4 is 0 Å². The third-order valence-electron chi connectivity index (χ3n) is 13.0. The Kier molecular flexibility index (Phi) is 11.9. The van der Waals surface area contributed by atoms with Crippen molar-refractivity contribution >= 4 is 21.9 Å². The Morgan fingerprint density at radius 2 is 1.21 bits per heavy atom. The molecule has 0 unspecified atom stereocenters. The van der Waals surface area contributed by atoms with E-state index in [1.165, 1.54) is 12.3 Å². The monoisotopic (exact) mass is 1140 g/mol. The van der Waals surface area contributed by atoms with Gasteiger partial charge in [0, 0.05) is 32.2 Å². The second-order valence-corrected chi connectivity index (χ2v) is 20.7. The standard InChI is InChI=1S/C67H59N4O.Ir/c1-65(2,3)38-45-21-25-50(26-22-45)59-37-62(58-20-14-19-57-56-30-24-47(41-68)36-63(56)72-64(57)58)69-42-53(59)27-23-46-33-48(39-66(4,5)54-28-31-60(70-43-54)51-15-10-8-11-16-51)35-49(34-46)40-67(6,7)55-29-32-61(71-44-55)52-17-12-9-13-18-52;/h8-15,17,19,21-22,24-26,28-37,42-44H,23,27,38-40H2,1-7H3;/q-3;+3/i23D2,24D,27D2,36D,38D2;. The van der Waals surface area contributed by atoms with E-state index in [4.69, 9.17) is 24.9 Å². The van der Waals surface area contributed by atoms with Gasteiger partial charge in [-0.05, 0) is 127 Å². The third kappa shape index (κ3) is 11.5. The zero-order valence-corrected chi connectivity index (χ0v) is 44.4. The van der Waals surface area contributed by atoms with Crippen molar-refractivity contribution < 1.29 is 35.5 Å². The predicted molar refractivity (Wildman–Crippen MR) is 293 cm³/mol. The molecular weight excluding hydrogens is 1070 g/mol. The molecule has 10 rings (SSSR count). The number of benzene rings is 6. The normalized spacial score (nSPS) is 14.1. The maximum atomic E-state index is 10.1. The number of hydrogen-bond donors (Lipinski definition) is 0. The number of nitriles is 1. The molecule has 4 heterocycles. The van der Waals surface area contributed by atoms with Crippen LogP contribution in [0.3, 0.4) is 0 Å². The van der Waals surface area contributed by atoms with Crippen molar-refractivity contribution in [2.75, 3.05) is 0 Å². The van der Waals surface area contributed by atoms with E-state index in [2.05, 4.69) is 64.1 Å². The smallest absolute Gasteiger partial charge is 0.501 e. The minimum atomic E-state index is -2.76. The van der Waals surface area contributed by atoms with Crippen LogP contribution >= 0.6 is 0 Å². The summed E-state index contributed by atoms with van der Waals surface area (Å²) < 4.78 is 82.1. The van der Waals surface area contributed by atoms with E-state index in [1.807, 2.05) is 99.9 Å². The van der Waals surface area contributed by atoms with Crippen molar-refractivity contribution in [2.24, 2.45) is 5.41 Å². The van der Waals surface area contributed by atoms with Gasteiger partial charge in [0.2, 0.25) is 0 Å². The van der Waals surface area contributed by atoms with E-state index in [-0.39, 0.29) is 54.5 Å². The van der Waals surface area contributed by atoms with Gasteiger partial charge in [0.05, 0.1) is 20.0 Å². The van der Waals surface area contributed by atoms with Crippen molar-refractivity contribution in [3.05, 3.63) is 233 Å². The molecule has 0 amide bonds. The van der Waals surface area contributed by atoms with Gasteiger partial charge in [0.15, 0.2) is 0 Å². The summed E-state index contributed by atoms with van der Waals surface area (Å²) in [7, 11) is 0. The summed E-state index contributed by atoms with van der Waals surface area (Å²) in [6.07, 6.45) is -1.13. The zero-order chi connectivity index (χ0) is 57.2. The summed E-state index contributed by atoms with van der Waals surface area (Å²) in [5.41, 5.74) is 7.49. The molecule has 0 bridgehead atoms. The van der Waals surface area contributed by atoms with Crippen molar-refractivity contribution in [1.29, 1.82) is 5.26 Å². The molecule has 362 valence electrons. The van der Waals surface area contributed by atoms with E-state index >= 15 is 0 Å². The van der Waals surface area contributed by atoms with Gasteiger partial charge in [-0.25, -0.2) is 0 Å². The zero-order valence-electron chi connectivity index (χ0n) is 50.0. The molecule has 0 radical (unpaired) electrons. The largest absolute Gasteiger partial charge is 3.00 e. The number of furan rings is 1. The molecule has 0 aliphatic carbocycles. The van der Waals surface area contributed by atoms with Gasteiger partial charge in [0.1, 0.15) is 5.58 Å². The Bertz CT molecular complexity index is 3870. The molecular formula is C67H59IrN4O. The fraction of sp³-hybridized carbons (Fsp3) is 0.224. The van der Waals surface area contributed by atoms with Crippen molar-refractivity contribution in [3.8, 4) is 51.0 Å². The Morgan fingerprint density at radius 1 is 0.603 bits per heavy atom. The molecule has 0 aliphatic rings. The van der Waals surface area contributed by atoms with E-state index in [0.717, 1.165) is 44.8 Å². The van der Waals surface area contributed by atoms with Crippen LogP contribution in [0.25, 0.3) is 66.8 Å². The molecule has 0 saturated carbocycles. The van der Waals surface area contributed by atoms with Crippen LogP contribution in [0, 0.1) is 34.9 Å². The Hall–Kier alpha value is -7.29. The first-order chi connectivity index (χ1) is 37.8. The third-order valence-corrected chi connectivity index (χ3v) is 13.0. The van der Waals surface area contributed by atoms with Crippen LogP contribution in [0.15, 0.2) is 175 Å². The van der Waals surface area contributed by atoms with E-state index in [9.17, 15) is 10.7 Å². The fourth-order valence-electron chi connectivity index (χ4n) is 9.37. The van der Waals surface area contributed by atoms with E-state index < -0.39 is 35.4 Å². The molecule has 6 heteroatoms. The quantitative estimate of drug-likeness (QED) is 0.101. The van der Waals surface area contributed by atoms with Crippen LogP contribution in [-0.4, -0.2) is 15.0 Å². The maximum absolute atomic E-state index is 10.1. The SMILES string of the molecule is [2H]c1cc2c(oc3c(-c4cc(-c5ccc(C([2H])([2H])C(C)(C)C)cc5)c(C([2H])([2H])C([2H])([2H])c5cc(CC(C)(C)c6ccc(-c7[c-]cccc7)nc6)cc(CC(C)(C)c6ccc(-c7[c-]cccc7)nc6)c5)cn4)[c-]ccc32)c([2H])c1C#N.[Ir+3]. The molecule has 4 aromatic heterocycles. The van der Waals surface area contributed by atoms with Crippen molar-refractivity contribution in [1.82, 2.24) is 15.0 Å². The molecule has 0 fully saturated rings. The molecule has 0 atom stereocenters. The summed E-state index contributed by atoms with van der Waals surface area (Å²) in [5, 5.41) is 10.8. The first-order valence-corrected chi connectivity index (χ1v) is 24.2. The minimum Gasteiger partial charge on any atom is -0.501 e. The first kappa shape index (κ1) is 41.2. The van der Waals surface area contributed by atoms with E-state index in [1.54, 1.807) is 54.6 Å². The predicted octanol–water partition coefficient (Wildman–Crippen LogP) is 16.1. The van der Waals surface area contributed by atoms with Crippen molar-refractivity contribution in [3.63, 3.8) is 0 Å². The summed E-state index contributed by atoms with van der Waals surface area (Å²) in [5.74, 6) is 0. The Balaban J connectivity index is 0.00000792. The number of hydrogen-bond acceptors (Lipinski definition) is 5. The van der Waals surface area contributed by atoms with Gasteiger partial charge < -0.3 is 19.4 Å². The van der Waals surface area contributed by atoms with Crippen LogP contribution in [0.5, 0.6) is 0 Å². The summed E-state index contributed by atoms with van der Waals surface area (Å²) in [4.78, 5) is 14.5. The number of aromatic nitrogens is 3. The van der Waals surface area contributed by atoms with Gasteiger partial charge in [0.25, 0.3) is 0 Å². The summed E-state index contributed by atoms with van der Waals surface area (Å²) in [6.45, 7) is 14.0. The number of pyridine rings is 3. The average Bonchev–Trinajstić information content (AvgIpc) is 4.12. The van der Waals surface area contributed by atoms with Crippen LogP contribution in [0.2, 0.25) is 0 Å². The Morgan fingerprint density at radius 3 is 1.75 bits per heavy atom. The van der Waals surface area contributed by atoms with Gasteiger partial charge in [-0.15, -0.1) is 90.0 Å². The minimum absolute atomic E-state index is 0. The second kappa shape index (κ2) is 21.0. The average molecular weight is 1140 g/mol. The molecule has 0 aliphatic heterocycles. The summed E-state index contributed by atoms with van der Waals surface area (Å²) in [6, 6.07) is 53.9. The summed E-state index contributed by atoms with van der Waals surface area (Å²) >= 11 is 0. The van der Waals surface area contributed by atoms with Gasteiger partial charge in [-0.1, -0.05) is 138 Å². The molecule has 5 nitrogen and oxygen atoms in total. The molecule has 0 N–H and O–H groups in total. The van der Waals surface area contributed by atoms with Crippen LogP contribution in [0.1, 0.15) is 104 Å².